The van der Waals surface area contributed by atoms with Crippen molar-refractivity contribution in [3.8, 4) is 10.4 Å². The summed E-state index contributed by atoms with van der Waals surface area (Å²) in [7, 11) is 0. The molecule has 0 aliphatic heterocycles. The summed E-state index contributed by atoms with van der Waals surface area (Å²) in [4.78, 5) is 28.1. The van der Waals surface area contributed by atoms with Crippen molar-refractivity contribution in [3.05, 3.63) is 52.7 Å². The van der Waals surface area contributed by atoms with Crippen LogP contribution in [0.15, 0.2) is 41.4 Å². The lowest BCUT2D eigenvalue weighted by molar-refractivity contribution is -0.120. The molecule has 31 heavy (non-hydrogen) atoms. The molecule has 1 aliphatic carbocycles. The molecule has 1 heterocycles. The SMILES string of the molecule is CC(=O)NC(/C=C1\CCCC1C(N)=O)C(C)(C)C.Cc1ccc(-c2scnc2C)cc1. The fourth-order valence-electron chi connectivity index (χ4n) is 3.62. The van der Waals surface area contributed by atoms with E-state index in [2.05, 4.69) is 62.3 Å². The average Bonchev–Trinajstić information content (AvgIpc) is 3.30. The lowest BCUT2D eigenvalue weighted by atomic mass is 9.84. The van der Waals surface area contributed by atoms with Crippen molar-refractivity contribution in [1.82, 2.24) is 10.3 Å². The van der Waals surface area contributed by atoms with Crippen LogP contribution in [-0.4, -0.2) is 22.8 Å². The number of hydrogen-bond acceptors (Lipinski definition) is 4. The molecule has 2 atom stereocenters. The normalized spacial score (nSPS) is 18.3. The number of rotatable bonds is 4. The van der Waals surface area contributed by atoms with Gasteiger partial charge in [-0.15, -0.1) is 11.3 Å². The molecule has 1 fully saturated rings. The van der Waals surface area contributed by atoms with E-state index in [1.54, 1.807) is 11.3 Å². The minimum absolute atomic E-state index is 0.0552. The first-order chi connectivity index (χ1) is 14.5. The number of benzene rings is 1. The van der Waals surface area contributed by atoms with Crippen LogP contribution in [0.5, 0.6) is 0 Å². The summed E-state index contributed by atoms with van der Waals surface area (Å²) in [6.07, 6.45) is 4.76. The minimum atomic E-state index is -0.255. The number of nitrogens with two attached hydrogens (primary N) is 1. The number of thiazole rings is 1. The van der Waals surface area contributed by atoms with Crippen LogP contribution in [0.2, 0.25) is 0 Å². The van der Waals surface area contributed by atoms with E-state index in [-0.39, 0.29) is 29.2 Å². The van der Waals surface area contributed by atoms with E-state index in [1.165, 1.54) is 22.9 Å². The van der Waals surface area contributed by atoms with E-state index in [9.17, 15) is 9.59 Å². The lowest BCUT2D eigenvalue weighted by Gasteiger charge is -2.29. The Morgan fingerprint density at radius 1 is 1.23 bits per heavy atom. The van der Waals surface area contributed by atoms with Crippen LogP contribution >= 0.6 is 11.3 Å². The first-order valence-corrected chi connectivity index (χ1v) is 11.6. The highest BCUT2D eigenvalue weighted by Gasteiger charge is 2.30. The molecule has 0 spiro atoms. The number of aryl methyl sites for hydroxylation is 2. The molecule has 3 N–H and O–H groups in total. The molecule has 1 saturated carbocycles. The van der Waals surface area contributed by atoms with Gasteiger partial charge in [0.15, 0.2) is 0 Å². The standard InChI is InChI=1S/C14H24N2O2.C11H11NS/c1-9(17)16-12(14(2,3)4)8-10-6-5-7-11(10)13(15)18;1-8-3-5-10(6-4-8)11-9(2)12-7-13-11/h8,11-12H,5-7H2,1-4H3,(H2,15,18)(H,16,17);3-7H,1-2H3/b10-8+;. The number of nitrogens with one attached hydrogen (secondary N) is 1. The molecular weight excluding hydrogens is 406 g/mol. The second kappa shape index (κ2) is 10.7. The Morgan fingerprint density at radius 2 is 1.87 bits per heavy atom. The van der Waals surface area contributed by atoms with Gasteiger partial charge in [0.1, 0.15) is 0 Å². The second-order valence-corrected chi connectivity index (χ2v) is 10.1. The van der Waals surface area contributed by atoms with E-state index >= 15 is 0 Å². The zero-order chi connectivity index (χ0) is 23.2. The van der Waals surface area contributed by atoms with Crippen molar-refractivity contribution >= 4 is 23.2 Å². The summed E-state index contributed by atoms with van der Waals surface area (Å²) in [6, 6.07) is 8.50. The van der Waals surface area contributed by atoms with Crippen LogP contribution in [0.1, 0.15) is 58.2 Å². The monoisotopic (exact) mass is 441 g/mol. The van der Waals surface area contributed by atoms with Gasteiger partial charge < -0.3 is 11.1 Å². The summed E-state index contributed by atoms with van der Waals surface area (Å²) in [5, 5.41) is 2.94. The van der Waals surface area contributed by atoms with Gasteiger partial charge in [-0.3, -0.25) is 9.59 Å². The van der Waals surface area contributed by atoms with Crippen LogP contribution < -0.4 is 11.1 Å². The van der Waals surface area contributed by atoms with Crippen molar-refractivity contribution in [3.63, 3.8) is 0 Å². The summed E-state index contributed by atoms with van der Waals surface area (Å²) in [6.45, 7) is 11.9. The lowest BCUT2D eigenvalue weighted by Crippen LogP contribution is -2.41. The molecule has 5 nitrogen and oxygen atoms in total. The van der Waals surface area contributed by atoms with Crippen LogP contribution in [0.4, 0.5) is 0 Å². The van der Waals surface area contributed by atoms with Crippen molar-refractivity contribution in [2.24, 2.45) is 17.1 Å². The maximum absolute atomic E-state index is 11.4. The number of carbonyl (C=O) groups is 2. The third-order valence-corrected chi connectivity index (χ3v) is 6.46. The molecule has 3 rings (SSSR count). The third-order valence-electron chi connectivity index (χ3n) is 5.48. The topological polar surface area (TPSA) is 85.1 Å². The third kappa shape index (κ3) is 7.31. The Bertz CT molecular complexity index is 923. The second-order valence-electron chi connectivity index (χ2n) is 9.27. The number of aromatic nitrogens is 1. The van der Waals surface area contributed by atoms with E-state index in [0.29, 0.717) is 0 Å². The van der Waals surface area contributed by atoms with Gasteiger partial charge in [-0.25, -0.2) is 4.98 Å². The molecule has 1 aromatic carbocycles. The Hall–Kier alpha value is -2.47. The Labute approximate surface area is 190 Å². The molecule has 2 unspecified atom stereocenters. The molecule has 2 aromatic rings. The fourth-order valence-corrected chi connectivity index (χ4v) is 4.43. The number of carbonyl (C=O) groups excluding carboxylic acids is 2. The smallest absolute Gasteiger partial charge is 0.224 e. The Kier molecular flexibility index (Phi) is 8.57. The van der Waals surface area contributed by atoms with Gasteiger partial charge in [0, 0.05) is 6.92 Å². The minimum Gasteiger partial charge on any atom is -0.369 e. The zero-order valence-corrected chi connectivity index (χ0v) is 20.3. The highest BCUT2D eigenvalue weighted by Crippen LogP contribution is 2.33. The van der Waals surface area contributed by atoms with Gasteiger partial charge in [0.2, 0.25) is 11.8 Å². The molecule has 1 aromatic heterocycles. The van der Waals surface area contributed by atoms with E-state index in [4.69, 9.17) is 5.73 Å². The van der Waals surface area contributed by atoms with E-state index in [1.807, 2.05) is 18.5 Å². The van der Waals surface area contributed by atoms with Gasteiger partial charge in [-0.1, -0.05) is 62.2 Å². The largest absolute Gasteiger partial charge is 0.369 e. The van der Waals surface area contributed by atoms with Gasteiger partial charge in [-0.2, -0.15) is 0 Å². The van der Waals surface area contributed by atoms with Gasteiger partial charge in [0.05, 0.1) is 28.0 Å². The van der Waals surface area contributed by atoms with Crippen molar-refractivity contribution in [1.29, 1.82) is 0 Å². The molecule has 1 aliphatic rings. The number of amides is 2. The van der Waals surface area contributed by atoms with Crippen molar-refractivity contribution < 1.29 is 9.59 Å². The molecule has 6 heteroatoms. The Morgan fingerprint density at radius 3 is 2.35 bits per heavy atom. The molecule has 0 bridgehead atoms. The highest BCUT2D eigenvalue weighted by atomic mass is 32.1. The zero-order valence-electron chi connectivity index (χ0n) is 19.5. The average molecular weight is 442 g/mol. The predicted molar refractivity (Wildman–Crippen MR) is 129 cm³/mol. The number of hydrogen-bond donors (Lipinski definition) is 2. The van der Waals surface area contributed by atoms with E-state index in [0.717, 1.165) is 30.5 Å². The molecule has 0 radical (unpaired) electrons. The van der Waals surface area contributed by atoms with Crippen LogP contribution in [0.25, 0.3) is 10.4 Å². The summed E-state index contributed by atoms with van der Waals surface area (Å²) in [5.41, 5.74) is 12.0. The molecule has 0 saturated heterocycles. The van der Waals surface area contributed by atoms with E-state index < -0.39 is 0 Å². The number of nitrogens with zero attached hydrogens (tertiary/aromatic N) is 1. The molecular formula is C25H35N3O2S. The van der Waals surface area contributed by atoms with Crippen LogP contribution in [-0.2, 0) is 9.59 Å². The molecule has 2 amide bonds. The highest BCUT2D eigenvalue weighted by molar-refractivity contribution is 7.13. The summed E-state index contributed by atoms with van der Waals surface area (Å²) in [5.74, 6) is -0.460. The fraction of sp³-hybridized carbons (Fsp3) is 0.480. The summed E-state index contributed by atoms with van der Waals surface area (Å²) >= 11 is 1.70. The van der Waals surface area contributed by atoms with Crippen LogP contribution in [0.3, 0.4) is 0 Å². The van der Waals surface area contributed by atoms with Crippen molar-refractivity contribution in [2.75, 3.05) is 0 Å². The maximum Gasteiger partial charge on any atom is 0.224 e. The summed E-state index contributed by atoms with van der Waals surface area (Å²) < 4.78 is 0. The molecule has 168 valence electrons. The quantitative estimate of drug-likeness (QED) is 0.641. The number of primary amides is 1. The maximum atomic E-state index is 11.4. The van der Waals surface area contributed by atoms with Gasteiger partial charge in [-0.05, 0) is 44.1 Å². The first kappa shape index (κ1) is 24.8. The van der Waals surface area contributed by atoms with Gasteiger partial charge in [0.25, 0.3) is 0 Å². The van der Waals surface area contributed by atoms with Gasteiger partial charge >= 0.3 is 0 Å². The van der Waals surface area contributed by atoms with Crippen LogP contribution in [0, 0.1) is 25.2 Å². The predicted octanol–water partition coefficient (Wildman–Crippen LogP) is 5.18. The Balaban J connectivity index is 0.000000231. The van der Waals surface area contributed by atoms with Crippen molar-refractivity contribution in [2.45, 2.75) is 66.8 Å². The first-order valence-electron chi connectivity index (χ1n) is 10.7.